The fraction of sp³-hybridized carbons (Fsp3) is 0.500. The van der Waals surface area contributed by atoms with Crippen molar-refractivity contribution in [2.24, 2.45) is 0 Å². The van der Waals surface area contributed by atoms with Crippen molar-refractivity contribution in [3.05, 3.63) is 29.3 Å². The van der Waals surface area contributed by atoms with Crippen molar-refractivity contribution in [1.29, 1.82) is 0 Å². The summed E-state index contributed by atoms with van der Waals surface area (Å²) < 4.78 is 5.24. The Labute approximate surface area is 87.1 Å². The molecule has 0 amide bonds. The van der Waals surface area contributed by atoms with Gasteiger partial charge in [-0.15, -0.1) is 0 Å². The van der Waals surface area contributed by atoms with Crippen LogP contribution in [0.5, 0.6) is 5.75 Å². The molecular weight excluding hydrogens is 188 g/mol. The van der Waals surface area contributed by atoms with Gasteiger partial charge < -0.3 is 4.74 Å². The summed E-state index contributed by atoms with van der Waals surface area (Å²) in [4.78, 5) is 0. The lowest BCUT2D eigenvalue weighted by Crippen LogP contribution is -2.33. The molecule has 0 fully saturated rings. The van der Waals surface area contributed by atoms with Gasteiger partial charge >= 0.3 is 0 Å². The topological polar surface area (TPSA) is 9.23 Å². The van der Waals surface area contributed by atoms with E-state index in [1.165, 1.54) is 24.1 Å². The van der Waals surface area contributed by atoms with E-state index in [1.807, 2.05) is 0 Å². The number of aryl methyl sites for hydroxylation is 1. The third-order valence-electron chi connectivity index (χ3n) is 3.15. The van der Waals surface area contributed by atoms with Gasteiger partial charge in [-0.3, -0.25) is 0 Å². The van der Waals surface area contributed by atoms with Gasteiger partial charge in [0.25, 0.3) is 0 Å². The minimum absolute atomic E-state index is 0.910. The Kier molecular flexibility index (Phi) is 2.39. The third kappa shape index (κ3) is 1.85. The summed E-state index contributed by atoms with van der Waals surface area (Å²) in [7, 11) is 0.829. The van der Waals surface area contributed by atoms with Crippen molar-refractivity contribution in [3.63, 3.8) is 0 Å². The fourth-order valence-electron chi connectivity index (χ4n) is 2.21. The third-order valence-corrected chi connectivity index (χ3v) is 6.10. The van der Waals surface area contributed by atoms with E-state index in [0.29, 0.717) is 0 Å². The summed E-state index contributed by atoms with van der Waals surface area (Å²) in [6, 6.07) is 9.31. The maximum Gasteiger partial charge on any atom is 0.119 e. The van der Waals surface area contributed by atoms with Gasteiger partial charge in [-0.05, 0) is 35.7 Å². The van der Waals surface area contributed by atoms with Crippen LogP contribution in [0.25, 0.3) is 0 Å². The van der Waals surface area contributed by atoms with Crippen molar-refractivity contribution in [2.75, 3.05) is 7.11 Å². The zero-order chi connectivity index (χ0) is 10.2. The lowest BCUT2D eigenvalue weighted by Gasteiger charge is -2.29. The molecule has 0 spiro atoms. The predicted molar refractivity (Wildman–Crippen MR) is 62.7 cm³/mol. The first-order valence-electron chi connectivity index (χ1n) is 5.26. The molecule has 2 heteroatoms. The van der Waals surface area contributed by atoms with E-state index < -0.39 is 8.07 Å². The number of hydrogen-bond donors (Lipinski definition) is 0. The molecule has 2 rings (SSSR count). The first kappa shape index (κ1) is 9.78. The second kappa shape index (κ2) is 3.43. The number of methoxy groups -OCH3 is 1. The Balaban J connectivity index is 2.32. The molecule has 14 heavy (non-hydrogen) atoms. The molecule has 1 heterocycles. The molecule has 0 saturated heterocycles. The fourth-order valence-corrected chi connectivity index (χ4v) is 4.71. The Hall–Kier alpha value is -0.763. The standard InChI is InChI=1S/C12H18OSi/c1-13-12-5-4-11-9-14(2,3)7-6-10(11)8-12/h4-5,8H,6-7,9H2,1-3H3. The molecule has 0 bridgehead atoms. The molecule has 0 saturated carbocycles. The van der Waals surface area contributed by atoms with Crippen LogP contribution in [0.1, 0.15) is 11.1 Å². The quantitative estimate of drug-likeness (QED) is 0.642. The second-order valence-electron chi connectivity index (χ2n) is 4.98. The Morgan fingerprint density at radius 2 is 2.00 bits per heavy atom. The van der Waals surface area contributed by atoms with Crippen LogP contribution in [-0.2, 0) is 12.5 Å². The van der Waals surface area contributed by atoms with Crippen LogP contribution in [0.2, 0.25) is 19.1 Å². The molecule has 1 nitrogen and oxygen atoms in total. The monoisotopic (exact) mass is 206 g/mol. The zero-order valence-electron chi connectivity index (χ0n) is 9.26. The molecule has 76 valence electrons. The summed E-state index contributed by atoms with van der Waals surface area (Å²) in [5.74, 6) is 1.00. The lowest BCUT2D eigenvalue weighted by molar-refractivity contribution is 0.414. The molecule has 0 unspecified atom stereocenters. The first-order valence-corrected chi connectivity index (χ1v) is 8.68. The maximum absolute atomic E-state index is 5.24. The SMILES string of the molecule is COc1ccc2c(c1)CC[Si](C)(C)C2. The lowest BCUT2D eigenvalue weighted by atomic mass is 10.1. The molecular formula is C12H18OSi. The molecule has 0 radical (unpaired) electrons. The average molecular weight is 206 g/mol. The molecule has 0 aromatic heterocycles. The summed E-state index contributed by atoms with van der Waals surface area (Å²) in [6.07, 6.45) is 1.26. The number of benzene rings is 1. The van der Waals surface area contributed by atoms with Gasteiger partial charge in [-0.1, -0.05) is 25.2 Å². The van der Waals surface area contributed by atoms with Gasteiger partial charge in [-0.2, -0.15) is 0 Å². The van der Waals surface area contributed by atoms with Crippen molar-refractivity contribution in [3.8, 4) is 5.75 Å². The highest BCUT2D eigenvalue weighted by Crippen LogP contribution is 2.30. The summed E-state index contributed by atoms with van der Waals surface area (Å²) in [6.45, 7) is 4.97. The van der Waals surface area contributed by atoms with E-state index in [2.05, 4.69) is 31.3 Å². The van der Waals surface area contributed by atoms with E-state index in [0.717, 1.165) is 5.75 Å². The van der Waals surface area contributed by atoms with Crippen LogP contribution in [0.3, 0.4) is 0 Å². The zero-order valence-corrected chi connectivity index (χ0v) is 10.3. The van der Waals surface area contributed by atoms with Crippen LogP contribution in [0.4, 0.5) is 0 Å². The van der Waals surface area contributed by atoms with Gasteiger partial charge in [0.05, 0.1) is 15.2 Å². The highest BCUT2D eigenvalue weighted by molar-refractivity contribution is 6.77. The van der Waals surface area contributed by atoms with Gasteiger partial charge in [0.15, 0.2) is 0 Å². The van der Waals surface area contributed by atoms with Crippen LogP contribution < -0.4 is 4.74 Å². The Morgan fingerprint density at radius 1 is 1.21 bits per heavy atom. The van der Waals surface area contributed by atoms with Crippen molar-refractivity contribution >= 4 is 8.07 Å². The predicted octanol–water partition coefficient (Wildman–Crippen LogP) is 3.04. The van der Waals surface area contributed by atoms with Gasteiger partial charge in [0.1, 0.15) is 5.75 Å². The smallest absolute Gasteiger partial charge is 0.119 e. The Morgan fingerprint density at radius 3 is 2.71 bits per heavy atom. The van der Waals surface area contributed by atoms with Crippen LogP contribution in [0, 0.1) is 0 Å². The van der Waals surface area contributed by atoms with Crippen LogP contribution in [-0.4, -0.2) is 15.2 Å². The minimum atomic E-state index is -0.910. The van der Waals surface area contributed by atoms with Gasteiger partial charge in [-0.25, -0.2) is 0 Å². The van der Waals surface area contributed by atoms with E-state index in [-0.39, 0.29) is 0 Å². The van der Waals surface area contributed by atoms with Crippen molar-refractivity contribution in [1.82, 2.24) is 0 Å². The van der Waals surface area contributed by atoms with Crippen molar-refractivity contribution < 1.29 is 4.74 Å². The normalized spacial score (nSPS) is 18.8. The molecule has 1 aromatic carbocycles. The summed E-state index contributed by atoms with van der Waals surface area (Å²) in [5.41, 5.74) is 3.07. The molecule has 1 aromatic rings. The maximum atomic E-state index is 5.24. The van der Waals surface area contributed by atoms with E-state index in [4.69, 9.17) is 4.74 Å². The number of rotatable bonds is 1. The Bertz CT molecular complexity index is 344. The largest absolute Gasteiger partial charge is 0.497 e. The first-order chi connectivity index (χ1) is 6.61. The van der Waals surface area contributed by atoms with Gasteiger partial charge in [0.2, 0.25) is 0 Å². The van der Waals surface area contributed by atoms with E-state index in [1.54, 1.807) is 12.7 Å². The number of hydrogen-bond acceptors (Lipinski definition) is 1. The van der Waals surface area contributed by atoms with Crippen molar-refractivity contribution in [2.45, 2.75) is 31.6 Å². The number of fused-ring (bicyclic) bond motifs is 1. The molecule has 0 N–H and O–H groups in total. The molecule has 1 aliphatic rings. The second-order valence-corrected chi connectivity index (χ2v) is 10.2. The van der Waals surface area contributed by atoms with E-state index >= 15 is 0 Å². The van der Waals surface area contributed by atoms with E-state index in [9.17, 15) is 0 Å². The highest BCUT2D eigenvalue weighted by atomic mass is 28.3. The molecule has 1 aliphatic heterocycles. The molecule has 0 atom stereocenters. The van der Waals surface area contributed by atoms with Crippen LogP contribution in [0.15, 0.2) is 18.2 Å². The summed E-state index contributed by atoms with van der Waals surface area (Å²) >= 11 is 0. The van der Waals surface area contributed by atoms with Crippen LogP contribution >= 0.6 is 0 Å². The summed E-state index contributed by atoms with van der Waals surface area (Å²) in [5, 5.41) is 0. The van der Waals surface area contributed by atoms with Gasteiger partial charge in [0, 0.05) is 0 Å². The molecule has 0 aliphatic carbocycles. The highest BCUT2D eigenvalue weighted by Gasteiger charge is 2.26. The number of ether oxygens (including phenoxy) is 1. The average Bonchev–Trinajstić information content (AvgIpc) is 2.16. The minimum Gasteiger partial charge on any atom is -0.497 e.